The second kappa shape index (κ2) is 7.89. The summed E-state index contributed by atoms with van der Waals surface area (Å²) >= 11 is 0. The zero-order valence-electron chi connectivity index (χ0n) is 13.3. The lowest BCUT2D eigenvalue weighted by Gasteiger charge is -2.30. The number of anilines is 3. The van der Waals surface area contributed by atoms with Crippen molar-refractivity contribution in [2.24, 2.45) is 0 Å². The molecular formula is C14H28N6. The normalized spacial score (nSPS) is 11.4. The monoisotopic (exact) mass is 280 g/mol. The second-order valence-corrected chi connectivity index (χ2v) is 5.38. The molecule has 1 heterocycles. The number of hydrogen-bond donors (Lipinski definition) is 3. The Labute approximate surface area is 122 Å². The molecule has 0 aliphatic rings. The Kier molecular flexibility index (Phi) is 6.51. The Morgan fingerprint density at radius 1 is 1.10 bits per heavy atom. The van der Waals surface area contributed by atoms with Crippen molar-refractivity contribution in [3.63, 3.8) is 0 Å². The molecule has 0 radical (unpaired) electrons. The number of rotatable bonds is 8. The Bertz CT molecular complexity index is 397. The Hall–Kier alpha value is -1.56. The molecule has 0 spiro atoms. The second-order valence-electron chi connectivity index (χ2n) is 5.38. The minimum Gasteiger partial charge on any atom is -0.370 e. The highest BCUT2D eigenvalue weighted by Crippen LogP contribution is 2.12. The van der Waals surface area contributed by atoms with Crippen LogP contribution in [0.2, 0.25) is 0 Å². The third-order valence-corrected chi connectivity index (χ3v) is 3.10. The molecule has 0 amide bonds. The van der Waals surface area contributed by atoms with Crippen molar-refractivity contribution in [3.05, 3.63) is 6.07 Å². The van der Waals surface area contributed by atoms with Gasteiger partial charge < -0.3 is 16.4 Å². The number of nitrogen functional groups attached to an aromatic ring is 1. The van der Waals surface area contributed by atoms with Crippen LogP contribution >= 0.6 is 0 Å². The molecule has 6 heteroatoms. The van der Waals surface area contributed by atoms with E-state index < -0.39 is 0 Å². The molecule has 4 N–H and O–H groups in total. The molecule has 0 fully saturated rings. The van der Waals surface area contributed by atoms with Crippen LogP contribution in [0, 0.1) is 0 Å². The lowest BCUT2D eigenvalue weighted by molar-refractivity contribution is 0.182. The van der Waals surface area contributed by atoms with Crippen LogP contribution < -0.4 is 16.4 Å². The minimum absolute atomic E-state index is 0.288. The summed E-state index contributed by atoms with van der Waals surface area (Å²) in [5.41, 5.74) is 5.71. The summed E-state index contributed by atoms with van der Waals surface area (Å²) in [6.45, 7) is 13.5. The summed E-state index contributed by atoms with van der Waals surface area (Å²) < 4.78 is 0. The van der Waals surface area contributed by atoms with E-state index in [4.69, 9.17) is 5.73 Å². The molecule has 1 aromatic heterocycles. The molecule has 1 aromatic rings. The van der Waals surface area contributed by atoms with Gasteiger partial charge in [0.05, 0.1) is 0 Å². The van der Waals surface area contributed by atoms with Gasteiger partial charge >= 0.3 is 0 Å². The van der Waals surface area contributed by atoms with Crippen molar-refractivity contribution in [2.45, 2.75) is 46.7 Å². The largest absolute Gasteiger partial charge is 0.370 e. The fourth-order valence-corrected chi connectivity index (χ4v) is 2.25. The summed E-state index contributed by atoms with van der Waals surface area (Å²) in [5, 5.41) is 6.45. The van der Waals surface area contributed by atoms with Gasteiger partial charge in [0.1, 0.15) is 11.6 Å². The van der Waals surface area contributed by atoms with Crippen LogP contribution in [0.15, 0.2) is 6.07 Å². The molecule has 0 saturated heterocycles. The first-order chi connectivity index (χ1) is 9.43. The van der Waals surface area contributed by atoms with Crippen LogP contribution in [-0.4, -0.2) is 46.6 Å². The Balaban J connectivity index is 2.56. The summed E-state index contributed by atoms with van der Waals surface area (Å²) in [6, 6.07) is 2.95. The standard InChI is InChI=1S/C14H28N6/c1-6-16-12-9-13(19-14(15)18-12)17-7-8-20(10(2)3)11(4)5/h9-11H,6-8H2,1-5H3,(H4,15,16,17,18,19). The van der Waals surface area contributed by atoms with Gasteiger partial charge in [-0.15, -0.1) is 0 Å². The minimum atomic E-state index is 0.288. The maximum absolute atomic E-state index is 5.71. The number of hydrogen-bond acceptors (Lipinski definition) is 6. The van der Waals surface area contributed by atoms with Gasteiger partial charge in [0.15, 0.2) is 0 Å². The highest BCUT2D eigenvalue weighted by molar-refractivity contribution is 5.50. The van der Waals surface area contributed by atoms with Gasteiger partial charge in [0.2, 0.25) is 5.95 Å². The quantitative estimate of drug-likeness (QED) is 0.676. The molecule has 20 heavy (non-hydrogen) atoms. The zero-order chi connectivity index (χ0) is 15.1. The van der Waals surface area contributed by atoms with Crippen molar-refractivity contribution >= 4 is 17.6 Å². The lowest BCUT2D eigenvalue weighted by atomic mass is 10.2. The Morgan fingerprint density at radius 3 is 2.15 bits per heavy atom. The first kappa shape index (κ1) is 16.5. The highest BCUT2D eigenvalue weighted by Gasteiger charge is 2.12. The molecule has 0 aliphatic carbocycles. The molecule has 0 atom stereocenters. The maximum Gasteiger partial charge on any atom is 0.223 e. The van der Waals surface area contributed by atoms with E-state index in [-0.39, 0.29) is 5.95 Å². The summed E-state index contributed by atoms with van der Waals surface area (Å²) in [5.74, 6) is 1.81. The third kappa shape index (κ3) is 5.21. The van der Waals surface area contributed by atoms with Crippen molar-refractivity contribution in [3.8, 4) is 0 Å². The van der Waals surface area contributed by atoms with Crippen LogP contribution in [0.1, 0.15) is 34.6 Å². The summed E-state index contributed by atoms with van der Waals surface area (Å²) in [7, 11) is 0. The van der Waals surface area contributed by atoms with E-state index >= 15 is 0 Å². The van der Waals surface area contributed by atoms with Crippen LogP contribution in [0.4, 0.5) is 17.6 Å². The predicted molar refractivity (Wildman–Crippen MR) is 86.1 cm³/mol. The van der Waals surface area contributed by atoms with Gasteiger partial charge in [-0.2, -0.15) is 9.97 Å². The van der Waals surface area contributed by atoms with Gasteiger partial charge in [0.25, 0.3) is 0 Å². The number of aromatic nitrogens is 2. The third-order valence-electron chi connectivity index (χ3n) is 3.10. The molecule has 0 bridgehead atoms. The van der Waals surface area contributed by atoms with Crippen molar-refractivity contribution in [2.75, 3.05) is 36.0 Å². The van der Waals surface area contributed by atoms with Crippen LogP contribution in [0.5, 0.6) is 0 Å². The Morgan fingerprint density at radius 2 is 1.65 bits per heavy atom. The first-order valence-electron chi connectivity index (χ1n) is 7.32. The van der Waals surface area contributed by atoms with Gasteiger partial charge in [-0.3, -0.25) is 4.90 Å². The lowest BCUT2D eigenvalue weighted by Crippen LogP contribution is -2.40. The number of nitrogens with two attached hydrogens (primary N) is 1. The topological polar surface area (TPSA) is 79.1 Å². The fraction of sp³-hybridized carbons (Fsp3) is 0.714. The van der Waals surface area contributed by atoms with Gasteiger partial charge in [-0.25, -0.2) is 0 Å². The zero-order valence-corrected chi connectivity index (χ0v) is 13.3. The molecule has 0 unspecified atom stereocenters. The summed E-state index contributed by atoms with van der Waals surface area (Å²) in [4.78, 5) is 10.8. The highest BCUT2D eigenvalue weighted by atomic mass is 15.2. The fourth-order valence-electron chi connectivity index (χ4n) is 2.25. The summed E-state index contributed by atoms with van der Waals surface area (Å²) in [6.07, 6.45) is 0. The average molecular weight is 280 g/mol. The predicted octanol–water partition coefficient (Wildman–Crippen LogP) is 2.02. The molecular weight excluding hydrogens is 252 g/mol. The van der Waals surface area contributed by atoms with Crippen molar-refractivity contribution < 1.29 is 0 Å². The SMILES string of the molecule is CCNc1cc(NCCN(C(C)C)C(C)C)nc(N)n1. The van der Waals surface area contributed by atoms with E-state index in [9.17, 15) is 0 Å². The van der Waals surface area contributed by atoms with Crippen molar-refractivity contribution in [1.29, 1.82) is 0 Å². The maximum atomic E-state index is 5.71. The molecule has 1 rings (SSSR count). The van der Waals surface area contributed by atoms with E-state index in [1.807, 2.05) is 13.0 Å². The van der Waals surface area contributed by atoms with E-state index in [1.165, 1.54) is 0 Å². The number of nitrogens with zero attached hydrogens (tertiary/aromatic N) is 3. The van der Waals surface area contributed by atoms with E-state index in [2.05, 4.69) is 53.2 Å². The van der Waals surface area contributed by atoms with Gasteiger partial charge in [-0.1, -0.05) is 0 Å². The van der Waals surface area contributed by atoms with Crippen LogP contribution in [-0.2, 0) is 0 Å². The smallest absolute Gasteiger partial charge is 0.223 e. The van der Waals surface area contributed by atoms with E-state index in [1.54, 1.807) is 0 Å². The van der Waals surface area contributed by atoms with Crippen LogP contribution in [0.25, 0.3) is 0 Å². The molecule has 0 aromatic carbocycles. The molecule has 6 nitrogen and oxygen atoms in total. The average Bonchev–Trinajstić information content (AvgIpc) is 2.33. The van der Waals surface area contributed by atoms with Gasteiger partial charge in [0, 0.05) is 37.8 Å². The van der Waals surface area contributed by atoms with Gasteiger partial charge in [-0.05, 0) is 34.6 Å². The van der Waals surface area contributed by atoms with E-state index in [0.717, 1.165) is 31.3 Å². The number of nitrogens with one attached hydrogen (secondary N) is 2. The molecule has 0 aliphatic heterocycles. The first-order valence-corrected chi connectivity index (χ1v) is 7.32. The van der Waals surface area contributed by atoms with Crippen molar-refractivity contribution in [1.82, 2.24) is 14.9 Å². The molecule has 114 valence electrons. The van der Waals surface area contributed by atoms with E-state index in [0.29, 0.717) is 12.1 Å². The van der Waals surface area contributed by atoms with Crippen LogP contribution in [0.3, 0.4) is 0 Å². The molecule has 0 saturated carbocycles.